The van der Waals surface area contributed by atoms with Gasteiger partial charge in [-0.1, -0.05) is 36.7 Å². The number of carbonyl (C=O) groups excluding carboxylic acids is 2. The molecule has 0 spiro atoms. The number of hydrogen-bond donors (Lipinski definition) is 2. The van der Waals surface area contributed by atoms with E-state index < -0.39 is 6.04 Å². The van der Waals surface area contributed by atoms with E-state index in [4.69, 9.17) is 11.6 Å². The van der Waals surface area contributed by atoms with Crippen molar-refractivity contribution in [1.29, 1.82) is 0 Å². The van der Waals surface area contributed by atoms with Crippen molar-refractivity contribution in [2.45, 2.75) is 32.2 Å². The average Bonchev–Trinajstić information content (AvgIpc) is 3.28. The number of anilines is 1. The van der Waals surface area contributed by atoms with E-state index in [0.717, 1.165) is 27.7 Å². The lowest BCUT2D eigenvalue weighted by Gasteiger charge is -2.24. The molecule has 0 bridgehead atoms. The molecule has 0 aliphatic carbocycles. The van der Waals surface area contributed by atoms with Gasteiger partial charge in [0, 0.05) is 47.2 Å². The second kappa shape index (κ2) is 7.68. The summed E-state index contributed by atoms with van der Waals surface area (Å²) in [7, 11) is 0. The maximum absolute atomic E-state index is 12.9. The van der Waals surface area contributed by atoms with Crippen LogP contribution in [0.4, 0.5) is 5.69 Å². The Bertz CT molecular complexity index is 1040. The first-order valence-corrected chi connectivity index (χ1v) is 9.89. The predicted molar refractivity (Wildman–Crippen MR) is 112 cm³/mol. The van der Waals surface area contributed by atoms with E-state index in [9.17, 15) is 9.59 Å². The molecule has 2 amide bonds. The summed E-state index contributed by atoms with van der Waals surface area (Å²) in [4.78, 5) is 30.2. The molecule has 1 atom stereocenters. The Morgan fingerprint density at radius 1 is 1.25 bits per heavy atom. The first kappa shape index (κ1) is 18.6. The van der Waals surface area contributed by atoms with Crippen LogP contribution in [0.25, 0.3) is 10.9 Å². The molecule has 0 saturated carbocycles. The van der Waals surface area contributed by atoms with Crippen LogP contribution < -0.4 is 10.2 Å². The Balaban J connectivity index is 1.44. The highest BCUT2D eigenvalue weighted by atomic mass is 35.5. The number of halogens is 1. The zero-order valence-corrected chi connectivity index (χ0v) is 16.4. The number of benzene rings is 2. The minimum Gasteiger partial charge on any atom is -0.361 e. The molecule has 0 unspecified atom stereocenters. The van der Waals surface area contributed by atoms with Gasteiger partial charge >= 0.3 is 0 Å². The highest BCUT2D eigenvalue weighted by Gasteiger charge is 2.37. The molecule has 3 aromatic rings. The largest absolute Gasteiger partial charge is 0.361 e. The first-order chi connectivity index (χ1) is 13.6. The Morgan fingerprint density at radius 2 is 2.07 bits per heavy atom. The normalized spacial score (nSPS) is 15.6. The van der Waals surface area contributed by atoms with Gasteiger partial charge in [-0.3, -0.25) is 14.5 Å². The summed E-state index contributed by atoms with van der Waals surface area (Å²) in [5.74, 6) is -0.146. The van der Waals surface area contributed by atoms with Gasteiger partial charge in [0.15, 0.2) is 0 Å². The number of rotatable bonds is 5. The zero-order valence-electron chi connectivity index (χ0n) is 15.7. The topological polar surface area (TPSA) is 65.2 Å². The van der Waals surface area contributed by atoms with Crippen LogP contribution >= 0.6 is 11.6 Å². The van der Waals surface area contributed by atoms with Gasteiger partial charge in [0.1, 0.15) is 6.04 Å². The lowest BCUT2D eigenvalue weighted by molar-refractivity contribution is -0.126. The number of carbonyl (C=O) groups is 2. The van der Waals surface area contributed by atoms with Crippen molar-refractivity contribution in [1.82, 2.24) is 10.3 Å². The number of fused-ring (bicyclic) bond motifs is 2. The Kier molecular flexibility index (Phi) is 5.09. The van der Waals surface area contributed by atoms with Crippen molar-refractivity contribution < 1.29 is 9.59 Å². The van der Waals surface area contributed by atoms with Crippen molar-refractivity contribution in [2.24, 2.45) is 0 Å². The van der Waals surface area contributed by atoms with Crippen LogP contribution in [0.1, 0.15) is 24.5 Å². The Hall–Kier alpha value is -2.79. The van der Waals surface area contributed by atoms with Crippen LogP contribution in [0.5, 0.6) is 0 Å². The minimum atomic E-state index is -0.484. The van der Waals surface area contributed by atoms with Crippen molar-refractivity contribution in [3.8, 4) is 0 Å². The molecule has 1 aromatic heterocycles. The molecule has 28 heavy (non-hydrogen) atoms. The third-order valence-corrected chi connectivity index (χ3v) is 5.51. The summed E-state index contributed by atoms with van der Waals surface area (Å²) in [6, 6.07) is 13.0. The van der Waals surface area contributed by atoms with Gasteiger partial charge in [-0.15, -0.1) is 0 Å². The molecule has 1 aliphatic rings. The summed E-state index contributed by atoms with van der Waals surface area (Å²) < 4.78 is 0. The van der Waals surface area contributed by atoms with E-state index in [2.05, 4.69) is 10.3 Å². The molecule has 2 N–H and O–H groups in total. The quantitative estimate of drug-likeness (QED) is 0.689. The smallest absolute Gasteiger partial charge is 0.243 e. The van der Waals surface area contributed by atoms with Crippen molar-refractivity contribution in [3.05, 3.63) is 64.8 Å². The minimum absolute atomic E-state index is 0.0311. The highest BCUT2D eigenvalue weighted by Crippen LogP contribution is 2.32. The zero-order chi connectivity index (χ0) is 19.7. The van der Waals surface area contributed by atoms with Gasteiger partial charge in [0.2, 0.25) is 11.8 Å². The second-order valence-electron chi connectivity index (χ2n) is 7.01. The third-order valence-electron chi connectivity index (χ3n) is 5.27. The molecular weight excluding hydrogens is 374 g/mol. The molecule has 5 nitrogen and oxygen atoms in total. The Morgan fingerprint density at radius 3 is 2.89 bits per heavy atom. The number of aromatic amines is 1. The van der Waals surface area contributed by atoms with E-state index in [1.165, 1.54) is 0 Å². The molecular formula is C22H22ClN3O2. The number of hydrogen-bond acceptors (Lipinski definition) is 2. The van der Waals surface area contributed by atoms with Crippen LogP contribution in [-0.4, -0.2) is 29.4 Å². The van der Waals surface area contributed by atoms with Gasteiger partial charge in [0.25, 0.3) is 0 Å². The van der Waals surface area contributed by atoms with Gasteiger partial charge < -0.3 is 10.3 Å². The fourth-order valence-electron chi connectivity index (χ4n) is 3.87. The molecule has 144 valence electrons. The predicted octanol–water partition coefficient (Wildman–Crippen LogP) is 3.85. The number of nitrogens with one attached hydrogen (secondary N) is 2. The molecule has 1 aliphatic heterocycles. The SMILES string of the molecule is CCC(=O)N1c2ccccc2C[C@H]1C(=O)NCCc1c[nH]c2ccc(Cl)cc12. The summed E-state index contributed by atoms with van der Waals surface area (Å²) in [5, 5.41) is 4.76. The molecule has 6 heteroatoms. The Labute approximate surface area is 168 Å². The lowest BCUT2D eigenvalue weighted by Crippen LogP contribution is -2.48. The summed E-state index contributed by atoms with van der Waals surface area (Å²) in [6.07, 6.45) is 3.56. The molecule has 2 heterocycles. The molecule has 2 aromatic carbocycles. The maximum Gasteiger partial charge on any atom is 0.243 e. The number of para-hydroxylation sites is 1. The van der Waals surface area contributed by atoms with Crippen LogP contribution in [0.15, 0.2) is 48.7 Å². The average molecular weight is 396 g/mol. The van der Waals surface area contributed by atoms with Gasteiger partial charge in [0.05, 0.1) is 0 Å². The third kappa shape index (κ3) is 3.38. The first-order valence-electron chi connectivity index (χ1n) is 9.51. The second-order valence-corrected chi connectivity index (χ2v) is 7.45. The standard InChI is InChI=1S/C22H22ClN3O2/c1-2-21(27)26-19-6-4-3-5-14(19)11-20(26)22(28)24-10-9-15-13-25-18-8-7-16(23)12-17(15)18/h3-8,12-13,20,25H,2,9-11H2,1H3,(H,24,28)/t20-/m0/s1. The lowest BCUT2D eigenvalue weighted by atomic mass is 10.1. The van der Waals surface area contributed by atoms with E-state index in [-0.39, 0.29) is 11.8 Å². The van der Waals surface area contributed by atoms with Crippen LogP contribution in [-0.2, 0) is 22.4 Å². The fourth-order valence-corrected chi connectivity index (χ4v) is 4.04. The number of nitrogens with zero attached hydrogens (tertiary/aromatic N) is 1. The van der Waals surface area contributed by atoms with Crippen molar-refractivity contribution >= 4 is 40.0 Å². The van der Waals surface area contributed by atoms with Crippen LogP contribution in [0.3, 0.4) is 0 Å². The molecule has 0 radical (unpaired) electrons. The maximum atomic E-state index is 12.9. The van der Waals surface area contributed by atoms with Gasteiger partial charge in [-0.2, -0.15) is 0 Å². The van der Waals surface area contributed by atoms with Gasteiger partial charge in [-0.05, 0) is 41.8 Å². The van der Waals surface area contributed by atoms with Crippen molar-refractivity contribution in [2.75, 3.05) is 11.4 Å². The number of amides is 2. The van der Waals surface area contributed by atoms with E-state index >= 15 is 0 Å². The summed E-state index contributed by atoms with van der Waals surface area (Å²) >= 11 is 6.10. The molecule has 0 fully saturated rings. The van der Waals surface area contributed by atoms with E-state index in [1.807, 2.05) is 55.6 Å². The number of H-pyrrole nitrogens is 1. The number of aromatic nitrogens is 1. The van der Waals surface area contributed by atoms with Crippen LogP contribution in [0, 0.1) is 0 Å². The molecule has 0 saturated heterocycles. The highest BCUT2D eigenvalue weighted by molar-refractivity contribution is 6.31. The van der Waals surface area contributed by atoms with Crippen LogP contribution in [0.2, 0.25) is 5.02 Å². The van der Waals surface area contributed by atoms with Gasteiger partial charge in [-0.25, -0.2) is 0 Å². The monoisotopic (exact) mass is 395 g/mol. The fraction of sp³-hybridized carbons (Fsp3) is 0.273. The summed E-state index contributed by atoms with van der Waals surface area (Å²) in [6.45, 7) is 2.32. The summed E-state index contributed by atoms with van der Waals surface area (Å²) in [5.41, 5.74) is 4.02. The molecule has 4 rings (SSSR count). The van der Waals surface area contributed by atoms with E-state index in [0.29, 0.717) is 30.8 Å². The van der Waals surface area contributed by atoms with Crippen molar-refractivity contribution in [3.63, 3.8) is 0 Å². The van der Waals surface area contributed by atoms with E-state index in [1.54, 1.807) is 4.90 Å².